The third kappa shape index (κ3) is 4.27. The Bertz CT molecular complexity index is 854. The molecule has 1 amide bonds. The van der Waals surface area contributed by atoms with Crippen molar-refractivity contribution in [3.8, 4) is 0 Å². The number of fused-ring (bicyclic) bond motifs is 1. The lowest BCUT2D eigenvalue weighted by atomic mass is 10.0. The first kappa shape index (κ1) is 19.8. The van der Waals surface area contributed by atoms with Gasteiger partial charge in [0.2, 0.25) is 5.91 Å². The molecular weight excluding hydrogens is 367 g/mol. The number of nitrogens with zero attached hydrogens (tertiary/aromatic N) is 4. The van der Waals surface area contributed by atoms with E-state index in [0.29, 0.717) is 19.0 Å². The Morgan fingerprint density at radius 2 is 1.90 bits per heavy atom. The summed E-state index contributed by atoms with van der Waals surface area (Å²) < 4.78 is 13.3. The third-order valence-electron chi connectivity index (χ3n) is 6.17. The number of hydrogen-bond donors (Lipinski definition) is 0. The van der Waals surface area contributed by atoms with E-state index in [0.717, 1.165) is 43.7 Å². The van der Waals surface area contributed by atoms with Crippen LogP contribution in [0.2, 0.25) is 0 Å². The minimum Gasteiger partial charge on any atom is -0.362 e. The molecule has 3 heterocycles. The second kappa shape index (κ2) is 8.49. The van der Waals surface area contributed by atoms with Crippen LogP contribution in [0.4, 0.5) is 10.2 Å². The summed E-state index contributed by atoms with van der Waals surface area (Å²) in [6.45, 7) is 2.38. The molecule has 0 saturated carbocycles. The van der Waals surface area contributed by atoms with Crippen LogP contribution in [0, 0.1) is 5.82 Å². The average molecular weight is 397 g/mol. The Morgan fingerprint density at radius 3 is 2.66 bits per heavy atom. The van der Waals surface area contributed by atoms with Crippen molar-refractivity contribution in [1.29, 1.82) is 0 Å². The molecule has 0 spiro atoms. The fourth-order valence-corrected chi connectivity index (χ4v) is 4.79. The lowest BCUT2D eigenvalue weighted by Crippen LogP contribution is -2.45. The number of benzene rings is 1. The quantitative estimate of drug-likeness (QED) is 0.776. The van der Waals surface area contributed by atoms with E-state index >= 15 is 0 Å². The highest BCUT2D eigenvalue weighted by atomic mass is 19.1. The highest BCUT2D eigenvalue weighted by molar-refractivity contribution is 5.77. The van der Waals surface area contributed by atoms with Gasteiger partial charge >= 0.3 is 0 Å². The molecule has 0 radical (unpaired) electrons. The molecule has 29 heavy (non-hydrogen) atoms. The van der Waals surface area contributed by atoms with E-state index in [4.69, 9.17) is 0 Å². The van der Waals surface area contributed by atoms with Crippen molar-refractivity contribution >= 4 is 11.7 Å². The standard InChI is InChI=1S/C23H29FN4O/c1-26(2)23-18(5-4-13-25-23)16-27-14-12-21-20(27)6-3-7-22(29)28(21)15-17-8-10-19(24)11-9-17/h4-5,8-11,13,20-21H,3,6-7,12,14-16H2,1-2H3/t20-,21-/m1/s1. The first-order valence-corrected chi connectivity index (χ1v) is 10.4. The molecule has 0 bridgehead atoms. The van der Waals surface area contributed by atoms with E-state index in [1.807, 2.05) is 31.3 Å². The monoisotopic (exact) mass is 396 g/mol. The van der Waals surface area contributed by atoms with Gasteiger partial charge in [-0.3, -0.25) is 9.69 Å². The van der Waals surface area contributed by atoms with Crippen molar-refractivity contribution in [2.45, 2.75) is 50.9 Å². The van der Waals surface area contributed by atoms with E-state index in [1.54, 1.807) is 12.1 Å². The van der Waals surface area contributed by atoms with Gasteiger partial charge in [-0.05, 0) is 43.0 Å². The fraction of sp³-hybridized carbons (Fsp3) is 0.478. The van der Waals surface area contributed by atoms with E-state index in [-0.39, 0.29) is 17.8 Å². The topological polar surface area (TPSA) is 39.7 Å². The number of carbonyl (C=O) groups is 1. The molecule has 0 N–H and O–H groups in total. The Hall–Kier alpha value is -2.47. The number of aromatic nitrogens is 1. The van der Waals surface area contributed by atoms with Gasteiger partial charge < -0.3 is 9.80 Å². The van der Waals surface area contributed by atoms with Crippen LogP contribution < -0.4 is 4.90 Å². The van der Waals surface area contributed by atoms with E-state index in [1.165, 1.54) is 17.7 Å². The van der Waals surface area contributed by atoms with Gasteiger partial charge in [-0.2, -0.15) is 0 Å². The number of hydrogen-bond acceptors (Lipinski definition) is 4. The highest BCUT2D eigenvalue weighted by Crippen LogP contribution is 2.33. The van der Waals surface area contributed by atoms with Crippen LogP contribution >= 0.6 is 0 Å². The summed E-state index contributed by atoms with van der Waals surface area (Å²) >= 11 is 0. The van der Waals surface area contributed by atoms with Crippen LogP contribution in [0.15, 0.2) is 42.6 Å². The maximum absolute atomic E-state index is 13.3. The Balaban J connectivity index is 1.53. The minimum atomic E-state index is -0.242. The van der Waals surface area contributed by atoms with Gasteiger partial charge in [0.05, 0.1) is 0 Å². The normalized spacial score (nSPS) is 22.4. The molecule has 2 fully saturated rings. The highest BCUT2D eigenvalue weighted by Gasteiger charge is 2.41. The van der Waals surface area contributed by atoms with Gasteiger partial charge in [-0.15, -0.1) is 0 Å². The van der Waals surface area contributed by atoms with Gasteiger partial charge in [-0.25, -0.2) is 9.37 Å². The molecule has 6 heteroatoms. The molecule has 2 aliphatic rings. The van der Waals surface area contributed by atoms with Crippen molar-refractivity contribution in [3.63, 3.8) is 0 Å². The van der Waals surface area contributed by atoms with Gasteiger partial charge in [0, 0.05) is 64.0 Å². The summed E-state index contributed by atoms with van der Waals surface area (Å²) in [6, 6.07) is 11.2. The van der Waals surface area contributed by atoms with E-state index in [2.05, 4.69) is 20.9 Å². The van der Waals surface area contributed by atoms with Crippen molar-refractivity contribution in [1.82, 2.24) is 14.8 Å². The second-order valence-electron chi connectivity index (χ2n) is 8.31. The number of rotatable bonds is 5. The first-order valence-electron chi connectivity index (χ1n) is 10.4. The predicted molar refractivity (Wildman–Crippen MR) is 112 cm³/mol. The van der Waals surface area contributed by atoms with Gasteiger partial charge in [0.1, 0.15) is 11.6 Å². The molecule has 154 valence electrons. The van der Waals surface area contributed by atoms with Crippen molar-refractivity contribution in [3.05, 3.63) is 59.5 Å². The molecule has 0 unspecified atom stereocenters. The van der Waals surface area contributed by atoms with Crippen molar-refractivity contribution in [2.24, 2.45) is 0 Å². The summed E-state index contributed by atoms with van der Waals surface area (Å²) in [7, 11) is 4.04. The average Bonchev–Trinajstić information content (AvgIpc) is 3.02. The molecule has 2 aliphatic heterocycles. The fourth-order valence-electron chi connectivity index (χ4n) is 4.79. The maximum Gasteiger partial charge on any atom is 0.223 e. The van der Waals surface area contributed by atoms with Gasteiger partial charge in [0.15, 0.2) is 0 Å². The van der Waals surface area contributed by atoms with E-state index in [9.17, 15) is 9.18 Å². The number of halogens is 1. The van der Waals surface area contributed by atoms with Crippen LogP contribution in [-0.4, -0.2) is 53.4 Å². The SMILES string of the molecule is CN(C)c1ncccc1CN1CC[C@@H]2[C@H]1CCCC(=O)N2Cc1ccc(F)cc1. The third-order valence-corrected chi connectivity index (χ3v) is 6.17. The molecule has 2 atom stereocenters. The van der Waals surface area contributed by atoms with Crippen LogP contribution in [0.3, 0.4) is 0 Å². The number of pyridine rings is 1. The summed E-state index contributed by atoms with van der Waals surface area (Å²) in [6.07, 6.45) is 5.37. The Morgan fingerprint density at radius 1 is 1.10 bits per heavy atom. The van der Waals surface area contributed by atoms with Crippen molar-refractivity contribution < 1.29 is 9.18 Å². The zero-order valence-corrected chi connectivity index (χ0v) is 17.2. The number of anilines is 1. The smallest absolute Gasteiger partial charge is 0.223 e. The minimum absolute atomic E-state index is 0.217. The molecule has 5 nitrogen and oxygen atoms in total. The molecular formula is C23H29FN4O. The van der Waals surface area contributed by atoms with Crippen molar-refractivity contribution in [2.75, 3.05) is 25.5 Å². The Kier molecular flexibility index (Phi) is 5.81. The molecule has 1 aromatic carbocycles. The molecule has 1 aromatic heterocycles. The summed E-state index contributed by atoms with van der Waals surface area (Å²) in [4.78, 5) is 24.0. The second-order valence-corrected chi connectivity index (χ2v) is 8.31. The van der Waals surface area contributed by atoms with Gasteiger partial charge in [0.25, 0.3) is 0 Å². The number of amides is 1. The summed E-state index contributed by atoms with van der Waals surface area (Å²) in [5.74, 6) is 0.983. The molecule has 2 saturated heterocycles. The lowest BCUT2D eigenvalue weighted by Gasteiger charge is -2.33. The van der Waals surface area contributed by atoms with E-state index < -0.39 is 0 Å². The first-order chi connectivity index (χ1) is 14.0. The zero-order chi connectivity index (χ0) is 20.4. The summed E-state index contributed by atoms with van der Waals surface area (Å²) in [5, 5.41) is 0. The largest absolute Gasteiger partial charge is 0.362 e. The molecule has 4 rings (SSSR count). The molecule has 0 aliphatic carbocycles. The number of likely N-dealkylation sites (tertiary alicyclic amines) is 2. The van der Waals surface area contributed by atoms with Crippen LogP contribution in [0.1, 0.15) is 36.8 Å². The lowest BCUT2D eigenvalue weighted by molar-refractivity contribution is -0.133. The maximum atomic E-state index is 13.3. The number of carbonyl (C=O) groups excluding carboxylic acids is 1. The van der Waals surface area contributed by atoms with Crippen LogP contribution in [0.25, 0.3) is 0 Å². The zero-order valence-electron chi connectivity index (χ0n) is 17.2. The summed E-state index contributed by atoms with van der Waals surface area (Å²) in [5.41, 5.74) is 2.21. The predicted octanol–water partition coefficient (Wildman–Crippen LogP) is 3.44. The van der Waals surface area contributed by atoms with Crippen LogP contribution in [0.5, 0.6) is 0 Å². The van der Waals surface area contributed by atoms with Gasteiger partial charge in [-0.1, -0.05) is 18.2 Å². The molecule has 2 aromatic rings. The Labute approximate surface area is 172 Å². The van der Waals surface area contributed by atoms with Crippen LogP contribution in [-0.2, 0) is 17.9 Å².